The van der Waals surface area contributed by atoms with Crippen molar-refractivity contribution in [2.75, 3.05) is 26.2 Å². The molecule has 4 nitrogen and oxygen atoms in total. The van der Waals surface area contributed by atoms with Gasteiger partial charge >= 0.3 is 0 Å². The molecular formula is C12H21N3OS. The number of aromatic nitrogens is 1. The molecule has 1 atom stereocenters. The molecule has 1 aliphatic heterocycles. The smallest absolute Gasteiger partial charge is 0.107 e. The molecule has 0 bridgehead atoms. The molecule has 0 aliphatic carbocycles. The minimum atomic E-state index is 0.193. The van der Waals surface area contributed by atoms with E-state index >= 15 is 0 Å². The molecule has 1 saturated heterocycles. The summed E-state index contributed by atoms with van der Waals surface area (Å²) in [4.78, 5) is 7.03. The van der Waals surface area contributed by atoms with Gasteiger partial charge in [-0.15, -0.1) is 11.3 Å². The van der Waals surface area contributed by atoms with E-state index in [-0.39, 0.29) is 6.10 Å². The van der Waals surface area contributed by atoms with Crippen LogP contribution in [0.25, 0.3) is 0 Å². The SMILES string of the molecule is CCCc1csc(CN2CCOC(CN)C2)n1. The van der Waals surface area contributed by atoms with Gasteiger partial charge in [-0.1, -0.05) is 13.3 Å². The zero-order valence-corrected chi connectivity index (χ0v) is 11.2. The van der Waals surface area contributed by atoms with Gasteiger partial charge in [0.15, 0.2) is 0 Å². The molecule has 5 heteroatoms. The molecule has 0 saturated carbocycles. The Morgan fingerprint density at radius 1 is 1.65 bits per heavy atom. The third-order valence-electron chi connectivity index (χ3n) is 2.95. The van der Waals surface area contributed by atoms with Crippen LogP contribution in [0.2, 0.25) is 0 Å². The zero-order valence-electron chi connectivity index (χ0n) is 10.4. The number of nitrogens with two attached hydrogens (primary N) is 1. The van der Waals surface area contributed by atoms with Gasteiger partial charge in [-0.2, -0.15) is 0 Å². The van der Waals surface area contributed by atoms with E-state index in [0.717, 1.165) is 39.1 Å². The van der Waals surface area contributed by atoms with Gasteiger partial charge in [0.2, 0.25) is 0 Å². The Labute approximate surface area is 107 Å². The van der Waals surface area contributed by atoms with Crippen LogP contribution in [0.3, 0.4) is 0 Å². The second-order valence-electron chi connectivity index (χ2n) is 4.45. The van der Waals surface area contributed by atoms with Crippen molar-refractivity contribution in [1.82, 2.24) is 9.88 Å². The summed E-state index contributed by atoms with van der Waals surface area (Å²) in [6.45, 7) is 6.43. The van der Waals surface area contributed by atoms with Crippen LogP contribution in [0.1, 0.15) is 24.0 Å². The van der Waals surface area contributed by atoms with E-state index in [1.54, 1.807) is 11.3 Å². The molecule has 2 rings (SSSR count). The van der Waals surface area contributed by atoms with Crippen LogP contribution in [-0.2, 0) is 17.7 Å². The number of rotatable bonds is 5. The van der Waals surface area contributed by atoms with Crippen LogP contribution in [-0.4, -0.2) is 42.2 Å². The minimum absolute atomic E-state index is 0.193. The summed E-state index contributed by atoms with van der Waals surface area (Å²) < 4.78 is 5.56. The van der Waals surface area contributed by atoms with Gasteiger partial charge in [0.25, 0.3) is 0 Å². The quantitative estimate of drug-likeness (QED) is 0.860. The summed E-state index contributed by atoms with van der Waals surface area (Å²) in [5.41, 5.74) is 6.87. The van der Waals surface area contributed by atoms with Crippen molar-refractivity contribution >= 4 is 11.3 Å². The number of morpholine rings is 1. The van der Waals surface area contributed by atoms with Crippen molar-refractivity contribution in [2.24, 2.45) is 5.73 Å². The molecule has 1 aliphatic rings. The zero-order chi connectivity index (χ0) is 12.1. The third kappa shape index (κ3) is 3.74. The first-order valence-electron chi connectivity index (χ1n) is 6.29. The van der Waals surface area contributed by atoms with Gasteiger partial charge in [-0.05, 0) is 6.42 Å². The Kier molecular flexibility index (Phi) is 4.91. The topological polar surface area (TPSA) is 51.4 Å². The molecular weight excluding hydrogens is 234 g/mol. The van der Waals surface area contributed by atoms with E-state index in [2.05, 4.69) is 22.2 Å². The molecule has 1 aromatic rings. The van der Waals surface area contributed by atoms with Gasteiger partial charge in [0.1, 0.15) is 5.01 Å². The number of thiazole rings is 1. The van der Waals surface area contributed by atoms with E-state index in [0.29, 0.717) is 6.54 Å². The molecule has 2 heterocycles. The van der Waals surface area contributed by atoms with Gasteiger partial charge in [-0.3, -0.25) is 4.90 Å². The highest BCUT2D eigenvalue weighted by molar-refractivity contribution is 7.09. The van der Waals surface area contributed by atoms with Gasteiger partial charge in [0, 0.05) is 25.0 Å². The molecule has 0 spiro atoms. The second kappa shape index (κ2) is 6.44. The Morgan fingerprint density at radius 3 is 3.29 bits per heavy atom. The molecule has 0 radical (unpaired) electrons. The fraction of sp³-hybridized carbons (Fsp3) is 0.750. The maximum atomic E-state index is 5.64. The summed E-state index contributed by atoms with van der Waals surface area (Å²) in [5.74, 6) is 0. The molecule has 17 heavy (non-hydrogen) atoms. The highest BCUT2D eigenvalue weighted by atomic mass is 32.1. The summed E-state index contributed by atoms with van der Waals surface area (Å²) >= 11 is 1.77. The fourth-order valence-corrected chi connectivity index (χ4v) is 2.92. The van der Waals surface area contributed by atoms with E-state index < -0.39 is 0 Å². The maximum Gasteiger partial charge on any atom is 0.107 e. The van der Waals surface area contributed by atoms with Gasteiger partial charge in [-0.25, -0.2) is 4.98 Å². The summed E-state index contributed by atoms with van der Waals surface area (Å²) in [6.07, 6.45) is 2.44. The predicted octanol–water partition coefficient (Wildman–Crippen LogP) is 1.26. The number of aryl methyl sites for hydroxylation is 1. The van der Waals surface area contributed by atoms with E-state index in [4.69, 9.17) is 10.5 Å². The summed E-state index contributed by atoms with van der Waals surface area (Å²) in [6, 6.07) is 0. The van der Waals surface area contributed by atoms with Crippen molar-refractivity contribution in [1.29, 1.82) is 0 Å². The first-order chi connectivity index (χ1) is 8.31. The van der Waals surface area contributed by atoms with E-state index in [1.807, 2.05) is 0 Å². The van der Waals surface area contributed by atoms with Crippen LogP contribution in [0, 0.1) is 0 Å². The van der Waals surface area contributed by atoms with Gasteiger partial charge < -0.3 is 10.5 Å². The van der Waals surface area contributed by atoms with Gasteiger partial charge in [0.05, 0.1) is 24.9 Å². The molecule has 1 aromatic heterocycles. The molecule has 1 fully saturated rings. The number of ether oxygens (including phenoxy) is 1. The average Bonchev–Trinajstić information content (AvgIpc) is 2.77. The highest BCUT2D eigenvalue weighted by Crippen LogP contribution is 2.15. The Balaban J connectivity index is 1.86. The first kappa shape index (κ1) is 13.0. The first-order valence-corrected chi connectivity index (χ1v) is 7.17. The largest absolute Gasteiger partial charge is 0.374 e. The maximum absolute atomic E-state index is 5.64. The fourth-order valence-electron chi connectivity index (χ4n) is 2.05. The number of hydrogen-bond acceptors (Lipinski definition) is 5. The minimum Gasteiger partial charge on any atom is -0.374 e. The molecule has 1 unspecified atom stereocenters. The van der Waals surface area contributed by atoms with Crippen LogP contribution in [0.5, 0.6) is 0 Å². The van der Waals surface area contributed by atoms with Crippen molar-refractivity contribution in [3.05, 3.63) is 16.1 Å². The standard InChI is InChI=1S/C12H21N3OS/c1-2-3-10-9-17-12(14-10)8-15-4-5-16-11(6-13)7-15/h9,11H,2-8,13H2,1H3. The highest BCUT2D eigenvalue weighted by Gasteiger charge is 2.19. The Hall–Kier alpha value is -0.490. The number of hydrogen-bond donors (Lipinski definition) is 1. The van der Waals surface area contributed by atoms with Crippen molar-refractivity contribution in [3.8, 4) is 0 Å². The van der Waals surface area contributed by atoms with E-state index in [9.17, 15) is 0 Å². The lowest BCUT2D eigenvalue weighted by Gasteiger charge is -2.31. The van der Waals surface area contributed by atoms with Crippen LogP contribution in [0.4, 0.5) is 0 Å². The summed E-state index contributed by atoms with van der Waals surface area (Å²) in [5, 5.41) is 3.39. The number of nitrogens with zero attached hydrogens (tertiary/aromatic N) is 2. The van der Waals surface area contributed by atoms with Crippen molar-refractivity contribution in [2.45, 2.75) is 32.4 Å². The average molecular weight is 255 g/mol. The third-order valence-corrected chi connectivity index (χ3v) is 3.83. The molecule has 0 amide bonds. The molecule has 0 aromatic carbocycles. The van der Waals surface area contributed by atoms with Crippen LogP contribution in [0.15, 0.2) is 5.38 Å². The predicted molar refractivity (Wildman–Crippen MR) is 70.2 cm³/mol. The summed E-state index contributed by atoms with van der Waals surface area (Å²) in [7, 11) is 0. The van der Waals surface area contributed by atoms with Crippen molar-refractivity contribution in [3.63, 3.8) is 0 Å². The lowest BCUT2D eigenvalue weighted by molar-refractivity contribution is -0.0260. The van der Waals surface area contributed by atoms with Crippen molar-refractivity contribution < 1.29 is 4.74 Å². The molecule has 2 N–H and O–H groups in total. The lowest BCUT2D eigenvalue weighted by atomic mass is 10.2. The lowest BCUT2D eigenvalue weighted by Crippen LogP contribution is -2.45. The van der Waals surface area contributed by atoms with Crippen LogP contribution >= 0.6 is 11.3 Å². The second-order valence-corrected chi connectivity index (χ2v) is 5.39. The normalized spacial score (nSPS) is 21.9. The Morgan fingerprint density at radius 2 is 2.53 bits per heavy atom. The monoisotopic (exact) mass is 255 g/mol. The van der Waals surface area contributed by atoms with E-state index in [1.165, 1.54) is 10.7 Å². The molecule has 96 valence electrons. The Bertz CT molecular complexity index is 342. The van der Waals surface area contributed by atoms with Crippen LogP contribution < -0.4 is 5.73 Å².